The zero-order chi connectivity index (χ0) is 13.7. The molecule has 0 bridgehead atoms. The van der Waals surface area contributed by atoms with E-state index in [1.165, 1.54) is 32.1 Å². The zero-order valence-electron chi connectivity index (χ0n) is 12.5. The number of rotatable bonds is 5. The van der Waals surface area contributed by atoms with Crippen molar-refractivity contribution >= 4 is 5.91 Å². The zero-order valence-corrected chi connectivity index (χ0v) is 12.5. The molecule has 0 spiro atoms. The van der Waals surface area contributed by atoms with Crippen LogP contribution in [0.15, 0.2) is 0 Å². The summed E-state index contributed by atoms with van der Waals surface area (Å²) >= 11 is 0. The van der Waals surface area contributed by atoms with Gasteiger partial charge in [-0.2, -0.15) is 0 Å². The Morgan fingerprint density at radius 3 is 2.68 bits per heavy atom. The highest BCUT2D eigenvalue weighted by molar-refractivity contribution is 5.85. The van der Waals surface area contributed by atoms with E-state index in [0.717, 1.165) is 38.5 Å². The van der Waals surface area contributed by atoms with Gasteiger partial charge in [0.2, 0.25) is 5.91 Å². The van der Waals surface area contributed by atoms with Crippen molar-refractivity contribution in [1.29, 1.82) is 0 Å². The maximum Gasteiger partial charge on any atom is 0.240 e. The van der Waals surface area contributed by atoms with Gasteiger partial charge in [0, 0.05) is 19.1 Å². The molecule has 0 aromatic heterocycles. The third kappa shape index (κ3) is 3.93. The van der Waals surface area contributed by atoms with E-state index in [1.807, 2.05) is 6.92 Å². The summed E-state index contributed by atoms with van der Waals surface area (Å²) in [5.74, 6) is 0.173. The normalized spacial score (nSPS) is 28.8. The fourth-order valence-electron chi connectivity index (χ4n) is 3.32. The predicted octanol–water partition coefficient (Wildman–Crippen LogP) is 1.51. The van der Waals surface area contributed by atoms with Crippen LogP contribution in [0.3, 0.4) is 0 Å². The number of hydrogen-bond acceptors (Lipinski definition) is 3. The first kappa shape index (κ1) is 14.8. The van der Waals surface area contributed by atoms with E-state index in [4.69, 9.17) is 0 Å². The molecule has 2 N–H and O–H groups in total. The van der Waals surface area contributed by atoms with E-state index in [0.29, 0.717) is 0 Å². The Labute approximate surface area is 117 Å². The smallest absolute Gasteiger partial charge is 0.240 e. The van der Waals surface area contributed by atoms with Crippen LogP contribution in [-0.2, 0) is 4.79 Å². The molecule has 1 aliphatic heterocycles. The Morgan fingerprint density at radius 1 is 1.32 bits per heavy atom. The Balaban J connectivity index is 1.68. The number of carbonyl (C=O) groups excluding carboxylic acids is 1. The van der Waals surface area contributed by atoms with Crippen molar-refractivity contribution in [3.05, 3.63) is 0 Å². The fraction of sp³-hybridized carbons (Fsp3) is 0.933. The van der Waals surface area contributed by atoms with E-state index in [9.17, 15) is 4.79 Å². The molecule has 1 saturated heterocycles. The Morgan fingerprint density at radius 2 is 2.05 bits per heavy atom. The topological polar surface area (TPSA) is 44.4 Å². The SMILES string of the molecule is CN(CCNC(=O)C1(C)CCCCN1)C1CCCC1. The fourth-order valence-corrected chi connectivity index (χ4v) is 3.32. The van der Waals surface area contributed by atoms with Gasteiger partial charge in [-0.1, -0.05) is 12.8 Å². The standard InChI is InChI=1S/C15H29N3O/c1-15(9-5-6-10-17-15)14(19)16-11-12-18(2)13-7-3-4-8-13/h13,17H,3-12H2,1-2H3,(H,16,19). The predicted molar refractivity (Wildman–Crippen MR) is 78.2 cm³/mol. The molecule has 1 heterocycles. The number of carbonyl (C=O) groups is 1. The lowest BCUT2D eigenvalue weighted by Gasteiger charge is -2.34. The lowest BCUT2D eigenvalue weighted by atomic mass is 9.90. The first-order valence-corrected chi connectivity index (χ1v) is 7.85. The van der Waals surface area contributed by atoms with Crippen LogP contribution in [-0.4, -0.2) is 49.1 Å². The third-order valence-corrected chi connectivity index (χ3v) is 4.82. The second-order valence-corrected chi connectivity index (χ2v) is 6.39. The molecule has 0 aromatic rings. The van der Waals surface area contributed by atoms with Crippen LogP contribution >= 0.6 is 0 Å². The van der Waals surface area contributed by atoms with Gasteiger partial charge in [-0.05, 0) is 52.6 Å². The maximum atomic E-state index is 12.2. The summed E-state index contributed by atoms with van der Waals surface area (Å²) < 4.78 is 0. The molecule has 1 amide bonds. The number of hydrogen-bond donors (Lipinski definition) is 2. The van der Waals surface area contributed by atoms with Crippen molar-refractivity contribution in [2.45, 2.75) is 63.5 Å². The van der Waals surface area contributed by atoms with Gasteiger partial charge in [-0.25, -0.2) is 0 Å². The number of nitrogens with one attached hydrogen (secondary N) is 2. The van der Waals surface area contributed by atoms with Crippen molar-refractivity contribution in [2.75, 3.05) is 26.7 Å². The molecule has 2 fully saturated rings. The minimum atomic E-state index is -0.343. The van der Waals surface area contributed by atoms with Gasteiger partial charge in [0.1, 0.15) is 0 Å². The van der Waals surface area contributed by atoms with Crippen LogP contribution in [0.1, 0.15) is 51.9 Å². The first-order valence-electron chi connectivity index (χ1n) is 7.85. The minimum Gasteiger partial charge on any atom is -0.353 e. The third-order valence-electron chi connectivity index (χ3n) is 4.82. The van der Waals surface area contributed by atoms with Gasteiger partial charge in [-0.3, -0.25) is 4.79 Å². The summed E-state index contributed by atoms with van der Waals surface area (Å²) in [4.78, 5) is 14.6. The van der Waals surface area contributed by atoms with Crippen LogP contribution in [0.5, 0.6) is 0 Å². The highest BCUT2D eigenvalue weighted by Crippen LogP contribution is 2.22. The quantitative estimate of drug-likeness (QED) is 0.793. The van der Waals surface area contributed by atoms with E-state index in [1.54, 1.807) is 0 Å². The van der Waals surface area contributed by atoms with Crippen molar-refractivity contribution in [3.8, 4) is 0 Å². The Hall–Kier alpha value is -0.610. The number of piperidine rings is 1. The molecule has 0 aromatic carbocycles. The first-order chi connectivity index (χ1) is 9.12. The maximum absolute atomic E-state index is 12.2. The summed E-state index contributed by atoms with van der Waals surface area (Å²) in [6, 6.07) is 0.736. The van der Waals surface area contributed by atoms with Crippen molar-refractivity contribution < 1.29 is 4.79 Å². The monoisotopic (exact) mass is 267 g/mol. The van der Waals surface area contributed by atoms with Crippen LogP contribution in [0.4, 0.5) is 0 Å². The molecule has 2 rings (SSSR count). The largest absolute Gasteiger partial charge is 0.353 e. The van der Waals surface area contributed by atoms with Crippen molar-refractivity contribution in [2.24, 2.45) is 0 Å². The molecule has 19 heavy (non-hydrogen) atoms. The van der Waals surface area contributed by atoms with Crippen molar-refractivity contribution in [1.82, 2.24) is 15.5 Å². The highest BCUT2D eigenvalue weighted by Gasteiger charge is 2.33. The van der Waals surface area contributed by atoms with Crippen LogP contribution in [0.25, 0.3) is 0 Å². The number of amides is 1. The van der Waals surface area contributed by atoms with Crippen LogP contribution in [0, 0.1) is 0 Å². The molecule has 1 aliphatic carbocycles. The summed E-state index contributed by atoms with van der Waals surface area (Å²) in [6.07, 6.45) is 8.67. The molecule has 110 valence electrons. The van der Waals surface area contributed by atoms with E-state index in [2.05, 4.69) is 22.6 Å². The summed E-state index contributed by atoms with van der Waals surface area (Å²) in [5.41, 5.74) is -0.343. The molecular weight excluding hydrogens is 238 g/mol. The van der Waals surface area contributed by atoms with Crippen LogP contribution < -0.4 is 10.6 Å². The highest BCUT2D eigenvalue weighted by atomic mass is 16.2. The summed E-state index contributed by atoms with van der Waals surface area (Å²) in [5, 5.41) is 6.47. The molecule has 1 atom stereocenters. The Bertz CT molecular complexity index is 294. The summed E-state index contributed by atoms with van der Waals surface area (Å²) in [7, 11) is 2.18. The van der Waals surface area contributed by atoms with E-state index in [-0.39, 0.29) is 11.4 Å². The molecule has 4 nitrogen and oxygen atoms in total. The lowest BCUT2D eigenvalue weighted by molar-refractivity contribution is -0.128. The average Bonchev–Trinajstić information content (AvgIpc) is 2.93. The minimum absolute atomic E-state index is 0.173. The van der Waals surface area contributed by atoms with E-state index >= 15 is 0 Å². The van der Waals surface area contributed by atoms with E-state index < -0.39 is 0 Å². The second-order valence-electron chi connectivity index (χ2n) is 6.39. The Kier molecular flexibility index (Phi) is 5.22. The molecule has 0 radical (unpaired) electrons. The molecular formula is C15H29N3O. The molecule has 2 aliphatic rings. The molecule has 4 heteroatoms. The van der Waals surface area contributed by atoms with Crippen molar-refractivity contribution in [3.63, 3.8) is 0 Å². The molecule has 1 unspecified atom stereocenters. The summed E-state index contributed by atoms with van der Waals surface area (Å²) in [6.45, 7) is 4.73. The van der Waals surface area contributed by atoms with Crippen LogP contribution in [0.2, 0.25) is 0 Å². The molecule has 1 saturated carbocycles. The van der Waals surface area contributed by atoms with Gasteiger partial charge in [0.25, 0.3) is 0 Å². The number of nitrogens with zero attached hydrogens (tertiary/aromatic N) is 1. The number of likely N-dealkylation sites (N-methyl/N-ethyl adjacent to an activating group) is 1. The second kappa shape index (κ2) is 6.71. The lowest BCUT2D eigenvalue weighted by Crippen LogP contribution is -2.57. The average molecular weight is 267 g/mol. The van der Waals surface area contributed by atoms with Gasteiger partial charge >= 0.3 is 0 Å². The van der Waals surface area contributed by atoms with Gasteiger partial charge in [0.05, 0.1) is 5.54 Å². The van der Waals surface area contributed by atoms with Gasteiger partial charge < -0.3 is 15.5 Å². The van der Waals surface area contributed by atoms with Gasteiger partial charge in [-0.15, -0.1) is 0 Å². The van der Waals surface area contributed by atoms with Gasteiger partial charge in [0.15, 0.2) is 0 Å².